The molecule has 0 aliphatic carbocycles. The molecule has 2 rings (SSSR count). The van der Waals surface area contributed by atoms with E-state index < -0.39 is 17.4 Å². The molecule has 0 amide bonds. The fourth-order valence-corrected chi connectivity index (χ4v) is 2.31. The number of hydrogen-bond acceptors (Lipinski definition) is 3. The molecule has 3 nitrogen and oxygen atoms in total. The molecule has 2 aromatic rings. The topological polar surface area (TPSA) is 35.5 Å². The second-order valence-corrected chi connectivity index (χ2v) is 5.26. The van der Waals surface area contributed by atoms with Gasteiger partial charge in [-0.05, 0) is 42.0 Å². The van der Waals surface area contributed by atoms with E-state index in [0.717, 1.165) is 24.3 Å². The molecule has 0 radical (unpaired) electrons. The summed E-state index contributed by atoms with van der Waals surface area (Å²) in [4.78, 5) is 12.0. The zero-order chi connectivity index (χ0) is 18.4. The van der Waals surface area contributed by atoms with Crippen LogP contribution in [0.3, 0.4) is 0 Å². The lowest BCUT2D eigenvalue weighted by atomic mass is 10.1. The van der Waals surface area contributed by atoms with Gasteiger partial charge in [-0.1, -0.05) is 23.6 Å². The number of benzene rings is 2. The van der Waals surface area contributed by atoms with Crippen molar-refractivity contribution in [1.82, 2.24) is 0 Å². The number of methoxy groups -OCH3 is 1. The lowest BCUT2D eigenvalue weighted by Gasteiger charge is -2.11. The summed E-state index contributed by atoms with van der Waals surface area (Å²) in [6.07, 6.45) is 7.67. The maximum atomic E-state index is 13.6. The third-order valence-electron chi connectivity index (χ3n) is 3.17. The van der Waals surface area contributed by atoms with Gasteiger partial charge in [0.15, 0.2) is 17.3 Å². The van der Waals surface area contributed by atoms with Crippen LogP contribution in [0.2, 0.25) is 5.02 Å². The molecule has 0 spiro atoms. The number of carbonyl (C=O) groups is 1. The van der Waals surface area contributed by atoms with Crippen LogP contribution < -0.4 is 9.47 Å². The number of hydrogen-bond donors (Lipinski definition) is 0. The van der Waals surface area contributed by atoms with Crippen molar-refractivity contribution in [2.24, 2.45) is 0 Å². The summed E-state index contributed by atoms with van der Waals surface area (Å²) >= 11 is 6.13. The molecule has 0 atom stereocenters. The lowest BCUT2D eigenvalue weighted by Crippen LogP contribution is -2.00. The van der Waals surface area contributed by atoms with E-state index in [1.807, 2.05) is 0 Å². The maximum Gasteiger partial charge on any atom is 0.188 e. The molecule has 128 valence electrons. The van der Waals surface area contributed by atoms with Gasteiger partial charge < -0.3 is 9.47 Å². The number of allylic oxidation sites excluding steroid dienone is 1. The fourth-order valence-electron chi connectivity index (χ4n) is 2.04. The first-order valence-corrected chi connectivity index (χ1v) is 7.45. The second-order valence-electron chi connectivity index (χ2n) is 4.85. The van der Waals surface area contributed by atoms with Crippen LogP contribution in [0.5, 0.6) is 11.5 Å². The van der Waals surface area contributed by atoms with E-state index in [1.165, 1.54) is 19.3 Å². The van der Waals surface area contributed by atoms with Crippen molar-refractivity contribution < 1.29 is 23.0 Å². The number of carbonyl (C=O) groups excluding carboxylic acids is 1. The van der Waals surface area contributed by atoms with Gasteiger partial charge in [0.05, 0.1) is 17.7 Å². The Hall–Kier alpha value is -2.84. The first kappa shape index (κ1) is 18.5. The first-order chi connectivity index (χ1) is 12.0. The average Bonchev–Trinajstić information content (AvgIpc) is 2.60. The van der Waals surface area contributed by atoms with Crippen molar-refractivity contribution >= 4 is 23.5 Å². The number of halogens is 3. The van der Waals surface area contributed by atoms with Gasteiger partial charge in [-0.25, -0.2) is 8.78 Å². The monoisotopic (exact) mass is 362 g/mol. The van der Waals surface area contributed by atoms with Crippen molar-refractivity contribution in [2.75, 3.05) is 13.7 Å². The zero-order valence-electron chi connectivity index (χ0n) is 13.2. The van der Waals surface area contributed by atoms with E-state index in [4.69, 9.17) is 27.5 Å². The molecule has 25 heavy (non-hydrogen) atoms. The van der Waals surface area contributed by atoms with E-state index in [9.17, 15) is 13.6 Å². The van der Waals surface area contributed by atoms with Gasteiger partial charge >= 0.3 is 0 Å². The smallest absolute Gasteiger partial charge is 0.188 e. The first-order valence-electron chi connectivity index (χ1n) is 7.07. The molecule has 6 heteroatoms. The molecule has 0 unspecified atom stereocenters. The molecule has 0 aromatic heterocycles. The van der Waals surface area contributed by atoms with Gasteiger partial charge in [-0.2, -0.15) is 0 Å². The van der Waals surface area contributed by atoms with Crippen molar-refractivity contribution in [2.45, 2.75) is 0 Å². The summed E-state index contributed by atoms with van der Waals surface area (Å²) in [5.74, 6) is 0.743. The maximum absolute atomic E-state index is 13.6. The molecule has 0 N–H and O–H groups in total. The van der Waals surface area contributed by atoms with Crippen LogP contribution in [-0.4, -0.2) is 19.5 Å². The highest BCUT2D eigenvalue weighted by molar-refractivity contribution is 6.32. The Morgan fingerprint density at radius 1 is 1.32 bits per heavy atom. The average molecular weight is 363 g/mol. The SMILES string of the molecule is C#CCOc1c(Cl)cc(/C=C/C(=O)c2cc(F)ccc2F)cc1OC. The van der Waals surface area contributed by atoms with Gasteiger partial charge in [0.25, 0.3) is 0 Å². The van der Waals surface area contributed by atoms with E-state index >= 15 is 0 Å². The van der Waals surface area contributed by atoms with Crippen LogP contribution in [0.4, 0.5) is 8.78 Å². The molecular weight excluding hydrogens is 350 g/mol. The predicted octanol–water partition coefficient (Wildman–Crippen LogP) is 4.53. The molecule has 0 aliphatic rings. The molecular formula is C19H13ClF2O3. The van der Waals surface area contributed by atoms with Crippen LogP contribution in [0, 0.1) is 24.0 Å². The number of rotatable bonds is 6. The van der Waals surface area contributed by atoms with Gasteiger partial charge in [0.2, 0.25) is 0 Å². The van der Waals surface area contributed by atoms with E-state index in [0.29, 0.717) is 11.3 Å². The van der Waals surface area contributed by atoms with Gasteiger partial charge in [0, 0.05) is 0 Å². The fraction of sp³-hybridized carbons (Fsp3) is 0.105. The summed E-state index contributed by atoms with van der Waals surface area (Å²) in [6.45, 7) is 0.0165. The van der Waals surface area contributed by atoms with Crippen LogP contribution in [0.1, 0.15) is 15.9 Å². The highest BCUT2D eigenvalue weighted by Crippen LogP contribution is 2.36. The molecule has 0 fully saturated rings. The summed E-state index contributed by atoms with van der Waals surface area (Å²) < 4.78 is 37.3. The van der Waals surface area contributed by atoms with E-state index in [-0.39, 0.29) is 22.9 Å². The molecule has 0 bridgehead atoms. The van der Waals surface area contributed by atoms with Crippen molar-refractivity contribution in [3.8, 4) is 23.8 Å². The number of ether oxygens (including phenoxy) is 2. The second kappa shape index (κ2) is 8.32. The molecule has 0 saturated carbocycles. The molecule has 0 aliphatic heterocycles. The minimum absolute atomic E-state index is 0.0165. The highest BCUT2D eigenvalue weighted by Gasteiger charge is 2.12. The van der Waals surface area contributed by atoms with Crippen LogP contribution in [0.15, 0.2) is 36.4 Å². The standard InChI is InChI=1S/C19H13ClF2O3/c1-3-8-25-19-15(20)9-12(10-18(19)24-2)4-7-17(23)14-11-13(21)5-6-16(14)22/h1,4-7,9-11H,8H2,2H3/b7-4+. The van der Waals surface area contributed by atoms with Crippen molar-refractivity contribution in [3.05, 3.63) is 64.2 Å². The third kappa shape index (κ3) is 4.59. The van der Waals surface area contributed by atoms with Gasteiger partial charge in [-0.3, -0.25) is 4.79 Å². The summed E-state index contributed by atoms with van der Waals surface area (Å²) in [7, 11) is 1.43. The van der Waals surface area contributed by atoms with Crippen molar-refractivity contribution in [3.63, 3.8) is 0 Å². The lowest BCUT2D eigenvalue weighted by molar-refractivity contribution is 0.104. The molecule has 0 saturated heterocycles. The minimum Gasteiger partial charge on any atom is -0.493 e. The minimum atomic E-state index is -0.801. The highest BCUT2D eigenvalue weighted by atomic mass is 35.5. The van der Waals surface area contributed by atoms with Crippen molar-refractivity contribution in [1.29, 1.82) is 0 Å². The van der Waals surface area contributed by atoms with Gasteiger partial charge in [0.1, 0.15) is 18.2 Å². The largest absolute Gasteiger partial charge is 0.493 e. The Morgan fingerprint density at radius 3 is 2.76 bits per heavy atom. The normalized spacial score (nSPS) is 10.5. The number of ketones is 1. The Bertz CT molecular complexity index is 870. The molecule has 0 heterocycles. The molecule has 2 aromatic carbocycles. The zero-order valence-corrected chi connectivity index (χ0v) is 13.9. The number of terminal acetylenes is 1. The van der Waals surface area contributed by atoms with Crippen LogP contribution >= 0.6 is 11.6 Å². The summed E-state index contributed by atoms with van der Waals surface area (Å²) in [6, 6.07) is 5.78. The third-order valence-corrected chi connectivity index (χ3v) is 3.45. The quantitative estimate of drug-likeness (QED) is 0.430. The van der Waals surface area contributed by atoms with E-state index in [2.05, 4.69) is 5.92 Å². The van der Waals surface area contributed by atoms with Crippen LogP contribution in [-0.2, 0) is 0 Å². The Labute approximate surface area is 148 Å². The Morgan fingerprint density at radius 2 is 2.08 bits per heavy atom. The Balaban J connectivity index is 2.29. The predicted molar refractivity (Wildman–Crippen MR) is 92.1 cm³/mol. The van der Waals surface area contributed by atoms with Crippen LogP contribution in [0.25, 0.3) is 6.08 Å². The summed E-state index contributed by atoms with van der Waals surface area (Å²) in [5, 5.41) is 0.235. The Kier molecular flexibility index (Phi) is 6.15. The van der Waals surface area contributed by atoms with E-state index in [1.54, 1.807) is 6.07 Å². The summed E-state index contributed by atoms with van der Waals surface area (Å²) in [5.41, 5.74) is 0.156. The van der Waals surface area contributed by atoms with Gasteiger partial charge in [-0.15, -0.1) is 6.42 Å².